The molecule has 1 saturated heterocycles. The first kappa shape index (κ1) is 15.8. The molecule has 0 aromatic rings. The van der Waals surface area contributed by atoms with Gasteiger partial charge in [0.15, 0.2) is 0 Å². The topological polar surface area (TPSA) is 81.7 Å². The molecule has 0 aromatic carbocycles. The fourth-order valence-electron chi connectivity index (χ4n) is 2.31. The minimum Gasteiger partial charge on any atom is -0.480 e. The van der Waals surface area contributed by atoms with Gasteiger partial charge in [-0.25, -0.2) is 9.59 Å². The van der Waals surface area contributed by atoms with E-state index in [1.54, 1.807) is 0 Å². The quantitative estimate of drug-likeness (QED) is 0.646. The molecule has 1 heterocycles. The zero-order chi connectivity index (χ0) is 14.3. The molecule has 3 N–H and O–H groups in total. The summed E-state index contributed by atoms with van der Waals surface area (Å²) in [6.07, 6.45) is 3.61. The Morgan fingerprint density at radius 3 is 2.47 bits per heavy atom. The van der Waals surface area contributed by atoms with E-state index in [9.17, 15) is 9.59 Å². The fourth-order valence-corrected chi connectivity index (χ4v) is 2.31. The number of nitrogens with zero attached hydrogens (tertiary/aromatic N) is 1. The Balaban J connectivity index is 2.27. The first-order chi connectivity index (χ1) is 9.04. The average molecular weight is 271 g/mol. The lowest BCUT2D eigenvalue weighted by atomic mass is 10.2. The Morgan fingerprint density at radius 1 is 1.32 bits per heavy atom. The Labute approximate surface area is 114 Å². The summed E-state index contributed by atoms with van der Waals surface area (Å²) >= 11 is 0. The maximum Gasteiger partial charge on any atom is 0.326 e. The van der Waals surface area contributed by atoms with Crippen LogP contribution in [0.2, 0.25) is 0 Å². The highest BCUT2D eigenvalue weighted by atomic mass is 16.4. The SMILES string of the molecule is CCCC(NC(=O)NCC(C)N1CCCC1)C(=O)O. The van der Waals surface area contributed by atoms with E-state index in [1.165, 1.54) is 12.8 Å². The summed E-state index contributed by atoms with van der Waals surface area (Å²) in [7, 11) is 0. The highest BCUT2D eigenvalue weighted by Gasteiger charge is 2.21. The Kier molecular flexibility index (Phi) is 6.62. The van der Waals surface area contributed by atoms with Crippen LogP contribution in [0, 0.1) is 0 Å². The standard InChI is InChI=1S/C13H25N3O3/c1-3-6-11(12(17)18)15-13(19)14-9-10(2)16-7-4-5-8-16/h10-11H,3-9H2,1-2H3,(H,17,18)(H2,14,15,19). The summed E-state index contributed by atoms with van der Waals surface area (Å²) in [4.78, 5) is 24.9. The summed E-state index contributed by atoms with van der Waals surface area (Å²) in [5.41, 5.74) is 0. The number of amides is 2. The highest BCUT2D eigenvalue weighted by molar-refractivity contribution is 5.82. The number of urea groups is 1. The molecule has 0 saturated carbocycles. The fraction of sp³-hybridized carbons (Fsp3) is 0.846. The molecule has 1 aliphatic heterocycles. The molecule has 1 aliphatic rings. The van der Waals surface area contributed by atoms with Crippen LogP contribution >= 0.6 is 0 Å². The van der Waals surface area contributed by atoms with Gasteiger partial charge in [-0.1, -0.05) is 13.3 Å². The molecule has 0 bridgehead atoms. The Hall–Kier alpha value is -1.30. The number of aliphatic carboxylic acids is 1. The molecule has 0 aromatic heterocycles. The minimum absolute atomic E-state index is 0.294. The monoisotopic (exact) mass is 271 g/mol. The lowest BCUT2D eigenvalue weighted by Crippen LogP contribution is -2.49. The van der Waals surface area contributed by atoms with E-state index < -0.39 is 18.0 Å². The molecule has 2 amide bonds. The number of carbonyl (C=O) groups excluding carboxylic acids is 1. The van der Waals surface area contributed by atoms with Gasteiger partial charge in [-0.05, 0) is 39.3 Å². The van der Waals surface area contributed by atoms with Gasteiger partial charge < -0.3 is 15.7 Å². The first-order valence-electron chi connectivity index (χ1n) is 7.05. The first-order valence-corrected chi connectivity index (χ1v) is 7.05. The smallest absolute Gasteiger partial charge is 0.326 e. The molecule has 19 heavy (non-hydrogen) atoms. The lowest BCUT2D eigenvalue weighted by molar-refractivity contribution is -0.139. The molecule has 2 atom stereocenters. The second-order valence-electron chi connectivity index (χ2n) is 5.13. The van der Waals surface area contributed by atoms with Gasteiger partial charge in [0.25, 0.3) is 0 Å². The summed E-state index contributed by atoms with van der Waals surface area (Å²) in [5, 5.41) is 14.2. The normalized spacial score (nSPS) is 18.8. The number of likely N-dealkylation sites (tertiary alicyclic amines) is 1. The molecule has 6 heteroatoms. The number of carbonyl (C=O) groups is 2. The van der Waals surface area contributed by atoms with Crippen LogP contribution in [-0.2, 0) is 4.79 Å². The van der Waals surface area contributed by atoms with Gasteiger partial charge in [-0.15, -0.1) is 0 Å². The molecule has 1 fully saturated rings. The van der Waals surface area contributed by atoms with Crippen molar-refractivity contribution in [3.8, 4) is 0 Å². The average Bonchev–Trinajstić information content (AvgIpc) is 2.89. The van der Waals surface area contributed by atoms with Crippen molar-refractivity contribution in [3.63, 3.8) is 0 Å². The third-order valence-corrected chi connectivity index (χ3v) is 3.50. The van der Waals surface area contributed by atoms with Crippen molar-refractivity contribution in [3.05, 3.63) is 0 Å². The van der Waals surface area contributed by atoms with Crippen LogP contribution in [0.5, 0.6) is 0 Å². The van der Waals surface area contributed by atoms with Crippen molar-refractivity contribution in [1.29, 1.82) is 0 Å². The van der Waals surface area contributed by atoms with Gasteiger partial charge in [0.05, 0.1) is 0 Å². The molecule has 6 nitrogen and oxygen atoms in total. The number of nitrogens with one attached hydrogen (secondary N) is 2. The second kappa shape index (κ2) is 7.99. The van der Waals surface area contributed by atoms with E-state index in [2.05, 4.69) is 22.5 Å². The van der Waals surface area contributed by atoms with Crippen molar-refractivity contribution in [1.82, 2.24) is 15.5 Å². The van der Waals surface area contributed by atoms with Crippen LogP contribution in [0.1, 0.15) is 39.5 Å². The van der Waals surface area contributed by atoms with E-state index >= 15 is 0 Å². The van der Waals surface area contributed by atoms with Crippen LogP contribution in [0.15, 0.2) is 0 Å². The van der Waals surface area contributed by atoms with E-state index in [-0.39, 0.29) is 0 Å². The molecule has 110 valence electrons. The van der Waals surface area contributed by atoms with Crippen LogP contribution in [0.3, 0.4) is 0 Å². The van der Waals surface area contributed by atoms with Gasteiger partial charge in [0.2, 0.25) is 0 Å². The van der Waals surface area contributed by atoms with Crippen molar-refractivity contribution >= 4 is 12.0 Å². The Morgan fingerprint density at radius 2 is 1.95 bits per heavy atom. The largest absolute Gasteiger partial charge is 0.480 e. The summed E-state index contributed by atoms with van der Waals surface area (Å²) in [6, 6.07) is -0.901. The lowest BCUT2D eigenvalue weighted by Gasteiger charge is -2.24. The van der Waals surface area contributed by atoms with Gasteiger partial charge in [-0.3, -0.25) is 4.90 Å². The van der Waals surface area contributed by atoms with Crippen molar-refractivity contribution in [2.45, 2.75) is 51.6 Å². The number of hydrogen-bond donors (Lipinski definition) is 3. The van der Waals surface area contributed by atoms with Gasteiger partial charge in [0, 0.05) is 12.6 Å². The van der Waals surface area contributed by atoms with Gasteiger partial charge in [-0.2, -0.15) is 0 Å². The number of rotatable bonds is 7. The van der Waals surface area contributed by atoms with Crippen molar-refractivity contribution in [2.75, 3.05) is 19.6 Å². The van der Waals surface area contributed by atoms with E-state index in [0.29, 0.717) is 19.0 Å². The molecule has 0 spiro atoms. The molecular formula is C13H25N3O3. The summed E-state index contributed by atoms with van der Waals surface area (Å²) in [6.45, 7) is 6.68. The van der Waals surface area contributed by atoms with E-state index in [4.69, 9.17) is 5.11 Å². The van der Waals surface area contributed by atoms with Crippen LogP contribution in [0.4, 0.5) is 4.79 Å². The molecule has 0 radical (unpaired) electrons. The summed E-state index contributed by atoms with van der Waals surface area (Å²) in [5.74, 6) is -0.982. The minimum atomic E-state index is -0.982. The predicted octanol–water partition coefficient (Wildman–Crippen LogP) is 1.02. The number of carboxylic acids is 1. The predicted molar refractivity (Wildman–Crippen MR) is 73.1 cm³/mol. The number of carboxylic acid groups (broad SMARTS) is 1. The zero-order valence-corrected chi connectivity index (χ0v) is 11.8. The second-order valence-corrected chi connectivity index (χ2v) is 5.13. The third-order valence-electron chi connectivity index (χ3n) is 3.50. The van der Waals surface area contributed by atoms with Crippen LogP contribution in [0.25, 0.3) is 0 Å². The van der Waals surface area contributed by atoms with Gasteiger partial charge >= 0.3 is 12.0 Å². The van der Waals surface area contributed by atoms with E-state index in [1.807, 2.05) is 6.92 Å². The highest BCUT2D eigenvalue weighted by Crippen LogP contribution is 2.10. The molecule has 0 aliphatic carbocycles. The zero-order valence-electron chi connectivity index (χ0n) is 11.8. The van der Waals surface area contributed by atoms with Crippen LogP contribution in [-0.4, -0.2) is 53.7 Å². The summed E-state index contributed by atoms with van der Waals surface area (Å²) < 4.78 is 0. The number of hydrogen-bond acceptors (Lipinski definition) is 3. The maximum atomic E-state index is 11.6. The maximum absolute atomic E-state index is 11.6. The third kappa shape index (κ3) is 5.46. The molecule has 2 unspecified atom stereocenters. The molecular weight excluding hydrogens is 246 g/mol. The Bertz CT molecular complexity index is 304. The van der Waals surface area contributed by atoms with E-state index in [0.717, 1.165) is 19.5 Å². The van der Waals surface area contributed by atoms with Gasteiger partial charge in [0.1, 0.15) is 6.04 Å². The van der Waals surface area contributed by atoms with Crippen LogP contribution < -0.4 is 10.6 Å². The van der Waals surface area contributed by atoms with Crippen molar-refractivity contribution in [2.24, 2.45) is 0 Å². The molecule has 1 rings (SSSR count). The van der Waals surface area contributed by atoms with Crippen molar-refractivity contribution < 1.29 is 14.7 Å².